The van der Waals surface area contributed by atoms with Gasteiger partial charge in [-0.1, -0.05) is 142 Å². The molecule has 0 bridgehead atoms. The van der Waals surface area contributed by atoms with Crippen molar-refractivity contribution in [2.24, 2.45) is 5.92 Å². The molecule has 0 aromatic heterocycles. The second kappa shape index (κ2) is 27.3. The Bertz CT molecular complexity index is 500. The average Bonchev–Trinajstić information content (AvgIpc) is 2.84. The van der Waals surface area contributed by atoms with Gasteiger partial charge in [0.2, 0.25) is 0 Å². The predicted molar refractivity (Wildman–Crippen MR) is 146 cm³/mol. The van der Waals surface area contributed by atoms with Gasteiger partial charge in [-0.3, -0.25) is 4.79 Å². The van der Waals surface area contributed by atoms with Gasteiger partial charge >= 0.3 is 5.97 Å². The van der Waals surface area contributed by atoms with Gasteiger partial charge in [-0.25, -0.2) is 0 Å². The van der Waals surface area contributed by atoms with Crippen molar-refractivity contribution in [1.29, 1.82) is 0 Å². The summed E-state index contributed by atoms with van der Waals surface area (Å²) in [6, 6.07) is 0. The Morgan fingerprint density at radius 3 is 1.51 bits per heavy atom. The Morgan fingerprint density at radius 2 is 1.06 bits per heavy atom. The van der Waals surface area contributed by atoms with Crippen molar-refractivity contribution >= 4 is 11.9 Å². The third-order valence-corrected chi connectivity index (χ3v) is 6.82. The molecule has 0 aliphatic rings. The molecule has 206 valence electrons. The van der Waals surface area contributed by atoms with E-state index in [1.54, 1.807) is 0 Å². The number of rotatable bonds is 27. The van der Waals surface area contributed by atoms with Crippen molar-refractivity contribution in [1.82, 2.24) is 0 Å². The number of hydrogen-bond acceptors (Lipinski definition) is 4. The maximum atomic E-state index is 12.0. The molecule has 0 aliphatic carbocycles. The lowest BCUT2D eigenvalue weighted by Gasteiger charge is -2.15. The highest BCUT2D eigenvalue weighted by Gasteiger charge is 2.15. The number of carbonyl (C=O) groups is 2. The standard InChI is InChI=1S/C31H58O4/c1-3-5-7-9-11-12-13-14-15-16-17-18-19-20-22-24-26-29(31(33)34)28-30(32)35-27-25-23-21-10-8-6-4-2/h22,24,29H,3-21,23,25-28H2,1-2H3,(H,33,34)/p-1. The molecule has 1 unspecified atom stereocenters. The zero-order chi connectivity index (χ0) is 25.8. The molecule has 1 atom stereocenters. The topological polar surface area (TPSA) is 66.4 Å². The van der Waals surface area contributed by atoms with Crippen molar-refractivity contribution in [3.8, 4) is 0 Å². The highest BCUT2D eigenvalue weighted by atomic mass is 16.5. The Labute approximate surface area is 217 Å². The molecule has 4 nitrogen and oxygen atoms in total. The third kappa shape index (κ3) is 25.6. The van der Waals surface area contributed by atoms with E-state index in [0.29, 0.717) is 13.0 Å². The van der Waals surface area contributed by atoms with Crippen LogP contribution >= 0.6 is 0 Å². The van der Waals surface area contributed by atoms with Gasteiger partial charge in [0.1, 0.15) is 0 Å². The van der Waals surface area contributed by atoms with Gasteiger partial charge in [0.15, 0.2) is 0 Å². The summed E-state index contributed by atoms with van der Waals surface area (Å²) < 4.78 is 5.23. The third-order valence-electron chi connectivity index (χ3n) is 6.82. The molecule has 0 heterocycles. The molecule has 0 spiro atoms. The molecule has 0 saturated heterocycles. The van der Waals surface area contributed by atoms with Crippen molar-refractivity contribution in [2.75, 3.05) is 6.61 Å². The van der Waals surface area contributed by atoms with Crippen LogP contribution in [0.2, 0.25) is 0 Å². The molecule has 0 fully saturated rings. The number of unbranched alkanes of at least 4 members (excludes halogenated alkanes) is 19. The molecule has 0 amide bonds. The maximum absolute atomic E-state index is 12.0. The minimum Gasteiger partial charge on any atom is -0.550 e. The molecular weight excluding hydrogens is 436 g/mol. The van der Waals surface area contributed by atoms with Crippen LogP contribution in [0.4, 0.5) is 0 Å². The number of esters is 1. The zero-order valence-electron chi connectivity index (χ0n) is 23.3. The monoisotopic (exact) mass is 493 g/mol. The van der Waals surface area contributed by atoms with E-state index in [-0.39, 0.29) is 6.42 Å². The second-order valence-corrected chi connectivity index (χ2v) is 10.3. The summed E-state index contributed by atoms with van der Waals surface area (Å²) in [6.45, 7) is 4.86. The number of ether oxygens (including phenoxy) is 1. The molecule has 0 saturated carbocycles. The first-order valence-corrected chi connectivity index (χ1v) is 15.1. The molecule has 0 N–H and O–H groups in total. The van der Waals surface area contributed by atoms with Crippen LogP contribution < -0.4 is 5.11 Å². The Morgan fingerprint density at radius 1 is 0.629 bits per heavy atom. The summed E-state index contributed by atoms with van der Waals surface area (Å²) >= 11 is 0. The Balaban J connectivity index is 3.63. The van der Waals surface area contributed by atoms with E-state index in [9.17, 15) is 14.7 Å². The number of allylic oxidation sites excluding steroid dienone is 2. The lowest BCUT2D eigenvalue weighted by molar-refractivity contribution is -0.311. The Hall–Kier alpha value is -1.32. The molecule has 4 heteroatoms. The fraction of sp³-hybridized carbons (Fsp3) is 0.871. The molecule has 0 aromatic carbocycles. The normalized spacial score (nSPS) is 12.3. The largest absolute Gasteiger partial charge is 0.550 e. The van der Waals surface area contributed by atoms with Crippen LogP contribution in [0, 0.1) is 5.92 Å². The van der Waals surface area contributed by atoms with E-state index in [2.05, 4.69) is 19.9 Å². The minimum absolute atomic E-state index is 0.0953. The smallest absolute Gasteiger partial charge is 0.306 e. The number of carbonyl (C=O) groups excluding carboxylic acids is 2. The van der Waals surface area contributed by atoms with E-state index in [0.717, 1.165) is 25.7 Å². The van der Waals surface area contributed by atoms with Crippen molar-refractivity contribution in [3.05, 3.63) is 12.2 Å². The van der Waals surface area contributed by atoms with Crippen LogP contribution in [0.25, 0.3) is 0 Å². The van der Waals surface area contributed by atoms with Crippen molar-refractivity contribution in [2.45, 2.75) is 162 Å². The van der Waals surface area contributed by atoms with E-state index in [1.165, 1.54) is 109 Å². The van der Waals surface area contributed by atoms with Crippen LogP contribution in [0.15, 0.2) is 12.2 Å². The van der Waals surface area contributed by atoms with Crippen molar-refractivity contribution < 1.29 is 19.4 Å². The summed E-state index contributed by atoms with van der Waals surface area (Å²) in [5.74, 6) is -2.38. The lowest BCUT2D eigenvalue weighted by atomic mass is 10.0. The number of aliphatic carboxylic acids is 1. The van der Waals surface area contributed by atoms with Crippen LogP contribution in [0.3, 0.4) is 0 Å². The first-order valence-electron chi connectivity index (χ1n) is 15.1. The van der Waals surface area contributed by atoms with Gasteiger partial charge in [-0.2, -0.15) is 0 Å². The van der Waals surface area contributed by atoms with Gasteiger partial charge in [-0.05, 0) is 25.7 Å². The van der Waals surface area contributed by atoms with E-state index >= 15 is 0 Å². The lowest BCUT2D eigenvalue weighted by Crippen LogP contribution is -2.33. The van der Waals surface area contributed by atoms with Gasteiger partial charge in [-0.15, -0.1) is 0 Å². The number of carboxylic acid groups (broad SMARTS) is 1. The van der Waals surface area contributed by atoms with Gasteiger partial charge in [0.05, 0.1) is 13.0 Å². The minimum atomic E-state index is -1.16. The number of carboxylic acids is 1. The van der Waals surface area contributed by atoms with Gasteiger partial charge < -0.3 is 14.6 Å². The fourth-order valence-corrected chi connectivity index (χ4v) is 4.43. The molecule has 35 heavy (non-hydrogen) atoms. The molecular formula is C31H57O4-. The van der Waals surface area contributed by atoms with Crippen molar-refractivity contribution in [3.63, 3.8) is 0 Å². The summed E-state index contributed by atoms with van der Waals surface area (Å²) in [5, 5.41) is 11.4. The van der Waals surface area contributed by atoms with Crippen LogP contribution in [-0.4, -0.2) is 18.5 Å². The first-order chi connectivity index (χ1) is 17.1. The highest BCUT2D eigenvalue weighted by Crippen LogP contribution is 2.14. The van der Waals surface area contributed by atoms with Crippen LogP contribution in [0.5, 0.6) is 0 Å². The summed E-state index contributed by atoms with van der Waals surface area (Å²) in [4.78, 5) is 23.3. The van der Waals surface area contributed by atoms with Crippen LogP contribution in [0.1, 0.15) is 162 Å². The van der Waals surface area contributed by atoms with E-state index in [4.69, 9.17) is 4.74 Å². The number of hydrogen-bond donors (Lipinski definition) is 0. The quantitative estimate of drug-likeness (QED) is 0.0654. The maximum Gasteiger partial charge on any atom is 0.306 e. The first kappa shape index (κ1) is 33.7. The summed E-state index contributed by atoms with van der Waals surface area (Å²) in [6.07, 6.45) is 30.7. The average molecular weight is 494 g/mol. The summed E-state index contributed by atoms with van der Waals surface area (Å²) in [5.41, 5.74) is 0. The van der Waals surface area contributed by atoms with E-state index in [1.807, 2.05) is 6.08 Å². The molecule has 0 aliphatic heterocycles. The Kier molecular flexibility index (Phi) is 26.2. The van der Waals surface area contributed by atoms with Gasteiger partial charge in [0.25, 0.3) is 0 Å². The molecule has 0 rings (SSSR count). The second-order valence-electron chi connectivity index (χ2n) is 10.3. The molecule has 0 radical (unpaired) electrons. The van der Waals surface area contributed by atoms with Gasteiger partial charge in [0, 0.05) is 11.9 Å². The highest BCUT2D eigenvalue weighted by molar-refractivity contribution is 5.77. The van der Waals surface area contributed by atoms with E-state index < -0.39 is 17.9 Å². The fourth-order valence-electron chi connectivity index (χ4n) is 4.43. The summed E-state index contributed by atoms with van der Waals surface area (Å²) in [7, 11) is 0. The zero-order valence-corrected chi connectivity index (χ0v) is 23.3. The van der Waals surface area contributed by atoms with Crippen LogP contribution in [-0.2, 0) is 14.3 Å². The SMILES string of the molecule is CCCCCCCCCCCCCCCC=CCC(CC(=O)OCCCCCCCCC)C(=O)[O-]. The molecule has 0 aromatic rings. The predicted octanol–water partition coefficient (Wildman–Crippen LogP) is 8.46.